The number of anilines is 1. The summed E-state index contributed by atoms with van der Waals surface area (Å²) < 4.78 is 31.5. The number of likely N-dealkylation sites (N-methyl/N-ethyl adjacent to an activating group) is 1. The fraction of sp³-hybridized carbons (Fsp3) is 0.364. The lowest BCUT2D eigenvalue weighted by molar-refractivity contribution is -0.139. The summed E-state index contributed by atoms with van der Waals surface area (Å²) in [5.41, 5.74) is 0.522. The molecule has 0 unspecified atom stereocenters. The van der Waals surface area contributed by atoms with Crippen molar-refractivity contribution in [3.63, 3.8) is 0 Å². The van der Waals surface area contributed by atoms with Crippen molar-refractivity contribution in [1.82, 2.24) is 10.2 Å². The maximum absolute atomic E-state index is 13.5. The van der Waals surface area contributed by atoms with E-state index in [1.54, 1.807) is 32.0 Å². The lowest BCUT2D eigenvalue weighted by atomic mass is 10.1. The van der Waals surface area contributed by atoms with Crippen molar-refractivity contribution in [1.29, 1.82) is 0 Å². The molecular formula is C22H26Cl3N3O5S. The molecule has 2 amide bonds. The first-order valence-corrected chi connectivity index (χ1v) is 13.2. The Balaban J connectivity index is 2.52. The van der Waals surface area contributed by atoms with Gasteiger partial charge in [-0.25, -0.2) is 8.42 Å². The zero-order valence-electron chi connectivity index (χ0n) is 19.1. The van der Waals surface area contributed by atoms with Crippen LogP contribution < -0.4 is 14.4 Å². The topological polar surface area (TPSA) is 96.0 Å². The zero-order chi connectivity index (χ0) is 25.6. The highest BCUT2D eigenvalue weighted by atomic mass is 35.5. The Morgan fingerprint density at radius 2 is 1.74 bits per heavy atom. The van der Waals surface area contributed by atoms with Gasteiger partial charge in [0.15, 0.2) is 0 Å². The molecule has 0 saturated heterocycles. The van der Waals surface area contributed by atoms with Gasteiger partial charge >= 0.3 is 0 Å². The minimum absolute atomic E-state index is 0.0900. The summed E-state index contributed by atoms with van der Waals surface area (Å²) in [4.78, 5) is 27.4. The van der Waals surface area contributed by atoms with Crippen LogP contribution in [0.25, 0.3) is 0 Å². The predicted octanol–water partition coefficient (Wildman–Crippen LogP) is 3.97. The SMILES string of the molecule is CCNC(=O)[C@@H](C)N(Cc1c(Cl)cccc1Cl)C(=O)CN(c1cc(Cl)ccc1OC)S(C)(=O)=O. The number of nitrogens with zero attached hydrogens (tertiary/aromatic N) is 2. The molecule has 0 spiro atoms. The highest BCUT2D eigenvalue weighted by molar-refractivity contribution is 7.92. The molecule has 2 aromatic carbocycles. The van der Waals surface area contributed by atoms with Crippen LogP contribution in [-0.2, 0) is 26.2 Å². The van der Waals surface area contributed by atoms with E-state index in [9.17, 15) is 18.0 Å². The molecule has 0 bridgehead atoms. The van der Waals surface area contributed by atoms with Gasteiger partial charge in [-0.1, -0.05) is 40.9 Å². The minimum atomic E-state index is -3.95. The van der Waals surface area contributed by atoms with Gasteiger partial charge in [0, 0.05) is 33.7 Å². The first kappa shape index (κ1) is 28.0. The summed E-state index contributed by atoms with van der Waals surface area (Å²) in [5.74, 6) is -0.854. The van der Waals surface area contributed by atoms with Gasteiger partial charge in [-0.15, -0.1) is 0 Å². The van der Waals surface area contributed by atoms with Gasteiger partial charge in [0.2, 0.25) is 21.8 Å². The molecule has 12 heteroatoms. The van der Waals surface area contributed by atoms with Gasteiger partial charge in [-0.2, -0.15) is 0 Å². The quantitative estimate of drug-likeness (QED) is 0.483. The number of carbonyl (C=O) groups is 2. The van der Waals surface area contributed by atoms with Crippen LogP contribution >= 0.6 is 34.8 Å². The Bertz CT molecular complexity index is 1140. The molecule has 0 aromatic heterocycles. The Kier molecular flexibility index (Phi) is 9.87. The molecule has 1 atom stereocenters. The summed E-state index contributed by atoms with van der Waals surface area (Å²) >= 11 is 18.7. The number of sulfonamides is 1. The summed E-state index contributed by atoms with van der Waals surface area (Å²) in [5, 5.41) is 3.55. The van der Waals surface area contributed by atoms with Crippen LogP contribution in [0, 0.1) is 0 Å². The third kappa shape index (κ3) is 6.91. The molecule has 0 fully saturated rings. The molecule has 186 valence electrons. The fourth-order valence-electron chi connectivity index (χ4n) is 3.21. The third-order valence-corrected chi connectivity index (χ3v) is 7.07. The van der Waals surface area contributed by atoms with E-state index in [0.717, 1.165) is 10.6 Å². The molecule has 0 saturated carbocycles. The standard InChI is InChI=1S/C22H26Cl3N3O5S/c1-5-26-22(30)14(2)27(12-16-17(24)7-6-8-18(16)25)21(29)13-28(34(4,31)32)19-11-15(23)9-10-20(19)33-3/h6-11,14H,5,12-13H2,1-4H3,(H,26,30)/t14-/m1/s1. The first-order chi connectivity index (χ1) is 15.9. The number of ether oxygens (including phenoxy) is 1. The monoisotopic (exact) mass is 549 g/mol. The molecule has 0 aliphatic heterocycles. The van der Waals surface area contributed by atoms with E-state index in [4.69, 9.17) is 39.5 Å². The van der Waals surface area contributed by atoms with Gasteiger partial charge in [-0.05, 0) is 44.2 Å². The van der Waals surface area contributed by atoms with Crippen LogP contribution in [0.3, 0.4) is 0 Å². The lowest BCUT2D eigenvalue weighted by Gasteiger charge is -2.32. The van der Waals surface area contributed by atoms with Crippen molar-refractivity contribution >= 4 is 62.3 Å². The van der Waals surface area contributed by atoms with E-state index in [0.29, 0.717) is 22.2 Å². The van der Waals surface area contributed by atoms with Crippen molar-refractivity contribution in [3.8, 4) is 5.75 Å². The molecule has 0 aliphatic rings. The lowest BCUT2D eigenvalue weighted by Crippen LogP contribution is -2.51. The van der Waals surface area contributed by atoms with Crippen LogP contribution in [0.5, 0.6) is 5.75 Å². The highest BCUT2D eigenvalue weighted by Crippen LogP contribution is 2.33. The van der Waals surface area contributed by atoms with Crippen molar-refractivity contribution in [2.45, 2.75) is 26.4 Å². The summed E-state index contributed by atoms with van der Waals surface area (Å²) in [6.07, 6.45) is 0.961. The van der Waals surface area contributed by atoms with Crippen LogP contribution in [0.4, 0.5) is 5.69 Å². The molecule has 0 heterocycles. The van der Waals surface area contributed by atoms with Crippen molar-refractivity contribution < 1.29 is 22.7 Å². The second kappa shape index (κ2) is 12.0. The van der Waals surface area contributed by atoms with Crippen LogP contribution in [0.15, 0.2) is 36.4 Å². The van der Waals surface area contributed by atoms with E-state index >= 15 is 0 Å². The van der Waals surface area contributed by atoms with E-state index < -0.39 is 34.4 Å². The largest absolute Gasteiger partial charge is 0.495 e. The predicted molar refractivity (Wildman–Crippen MR) is 135 cm³/mol. The molecule has 2 aromatic rings. The number of halogens is 3. The van der Waals surface area contributed by atoms with Crippen LogP contribution in [0.2, 0.25) is 15.1 Å². The number of rotatable bonds is 10. The van der Waals surface area contributed by atoms with Crippen LogP contribution in [-0.4, -0.2) is 57.6 Å². The molecule has 0 aliphatic carbocycles. The molecule has 34 heavy (non-hydrogen) atoms. The summed E-state index contributed by atoms with van der Waals surface area (Å²) in [6, 6.07) is 8.36. The van der Waals surface area contributed by atoms with Gasteiger partial charge in [-0.3, -0.25) is 13.9 Å². The molecule has 1 N–H and O–H groups in total. The summed E-state index contributed by atoms with van der Waals surface area (Å²) in [6.45, 7) is 2.92. The molecular weight excluding hydrogens is 525 g/mol. The zero-order valence-corrected chi connectivity index (χ0v) is 22.2. The van der Waals surface area contributed by atoms with Crippen molar-refractivity contribution in [3.05, 3.63) is 57.0 Å². The minimum Gasteiger partial charge on any atom is -0.495 e. The van der Waals surface area contributed by atoms with E-state index in [1.165, 1.54) is 30.2 Å². The Morgan fingerprint density at radius 1 is 1.12 bits per heavy atom. The maximum atomic E-state index is 13.5. The number of nitrogens with one attached hydrogen (secondary N) is 1. The number of methoxy groups -OCH3 is 1. The first-order valence-electron chi connectivity index (χ1n) is 10.2. The van der Waals surface area contributed by atoms with Gasteiger partial charge in [0.1, 0.15) is 18.3 Å². The maximum Gasteiger partial charge on any atom is 0.244 e. The van der Waals surface area contributed by atoms with Gasteiger partial charge in [0.05, 0.1) is 19.1 Å². The average Bonchev–Trinajstić information content (AvgIpc) is 2.76. The van der Waals surface area contributed by atoms with Crippen molar-refractivity contribution in [2.24, 2.45) is 0 Å². The van der Waals surface area contributed by atoms with Gasteiger partial charge in [0.25, 0.3) is 0 Å². The normalized spacial score (nSPS) is 12.1. The second-order valence-electron chi connectivity index (χ2n) is 7.38. The number of benzene rings is 2. The fourth-order valence-corrected chi connectivity index (χ4v) is 4.74. The van der Waals surface area contributed by atoms with Gasteiger partial charge < -0.3 is 15.0 Å². The third-order valence-electron chi connectivity index (χ3n) is 5.00. The average molecular weight is 551 g/mol. The smallest absolute Gasteiger partial charge is 0.244 e. The number of amides is 2. The van der Waals surface area contributed by atoms with Crippen molar-refractivity contribution in [2.75, 3.05) is 30.8 Å². The molecule has 0 radical (unpaired) electrons. The summed E-state index contributed by atoms with van der Waals surface area (Å²) in [7, 11) is -2.57. The van der Waals surface area contributed by atoms with Crippen LogP contribution in [0.1, 0.15) is 19.4 Å². The Morgan fingerprint density at radius 3 is 2.26 bits per heavy atom. The number of carbonyl (C=O) groups excluding carboxylic acids is 2. The molecule has 8 nitrogen and oxygen atoms in total. The number of hydrogen-bond acceptors (Lipinski definition) is 5. The Labute approximate surface area is 214 Å². The Hall–Kier alpha value is -2.20. The van der Waals surface area contributed by atoms with E-state index in [1.807, 2.05) is 0 Å². The molecule has 2 rings (SSSR count). The number of hydrogen-bond donors (Lipinski definition) is 1. The van der Waals surface area contributed by atoms with E-state index in [-0.39, 0.29) is 23.0 Å². The van der Waals surface area contributed by atoms with E-state index in [2.05, 4.69) is 5.32 Å². The highest BCUT2D eigenvalue weighted by Gasteiger charge is 2.31. The second-order valence-corrected chi connectivity index (χ2v) is 10.5.